The van der Waals surface area contributed by atoms with Crippen LogP contribution in [0.3, 0.4) is 0 Å². The number of fused-ring (bicyclic) bond motifs is 1. The van der Waals surface area contributed by atoms with Gasteiger partial charge in [0, 0.05) is 29.9 Å². The Bertz CT molecular complexity index is 1200. The van der Waals surface area contributed by atoms with E-state index in [1.807, 2.05) is 29.2 Å². The molecule has 2 heterocycles. The summed E-state index contributed by atoms with van der Waals surface area (Å²) in [6.07, 6.45) is 8.45. The molecule has 0 radical (unpaired) electrons. The van der Waals surface area contributed by atoms with Crippen LogP contribution >= 0.6 is 0 Å². The van der Waals surface area contributed by atoms with Gasteiger partial charge in [-0.1, -0.05) is 12.1 Å². The molecule has 3 amide bonds. The summed E-state index contributed by atoms with van der Waals surface area (Å²) >= 11 is 0. The van der Waals surface area contributed by atoms with Gasteiger partial charge in [0.25, 0.3) is 5.91 Å². The number of nitrogens with two attached hydrogens (primary N) is 1. The third kappa shape index (κ3) is 3.23. The van der Waals surface area contributed by atoms with E-state index < -0.39 is 5.91 Å². The van der Waals surface area contributed by atoms with Crippen molar-refractivity contribution in [1.29, 1.82) is 0 Å². The van der Waals surface area contributed by atoms with Gasteiger partial charge in [0.15, 0.2) is 0 Å². The first kappa shape index (κ1) is 21.3. The maximum Gasteiger partial charge on any atom is 0.318 e. The number of carbonyl (C=O) groups is 2. The van der Waals surface area contributed by atoms with Gasteiger partial charge in [0.05, 0.1) is 24.9 Å². The van der Waals surface area contributed by atoms with Gasteiger partial charge in [0.2, 0.25) is 0 Å². The minimum atomic E-state index is -0.418. The number of rotatable bonds is 5. The smallest absolute Gasteiger partial charge is 0.318 e. The minimum Gasteiger partial charge on any atom is -0.497 e. The largest absolute Gasteiger partial charge is 0.497 e. The molecule has 8 rings (SSSR count). The first-order valence-corrected chi connectivity index (χ1v) is 13.2. The molecule has 184 valence electrons. The molecule has 1 aromatic carbocycles. The second-order valence-electron chi connectivity index (χ2n) is 11.7. The molecule has 4 bridgehead atoms. The third-order valence-electron chi connectivity index (χ3n) is 9.57. The van der Waals surface area contributed by atoms with Crippen molar-refractivity contribution in [2.75, 3.05) is 13.7 Å². The summed E-state index contributed by atoms with van der Waals surface area (Å²) in [6, 6.07) is 7.90. The molecule has 1 aliphatic heterocycles. The standard InChI is InChI=1S/C28H34N4O3/c1-35-21-6-4-18(5-7-21)23-24(26(29)33)22-15-31(8-9-32(22)25(23)19-2-3-19)27(34)30-28-13-16-10-17(14-28)12-20(28)11-16/h4-7,16-17,19-20H,2-3,8-15H2,1H3,(H2,29,33)(H,30,34). The van der Waals surface area contributed by atoms with Gasteiger partial charge in [-0.3, -0.25) is 4.79 Å². The number of amides is 3. The molecule has 35 heavy (non-hydrogen) atoms. The molecular weight excluding hydrogens is 440 g/mol. The van der Waals surface area contributed by atoms with Crippen LogP contribution in [0.5, 0.6) is 5.75 Å². The Balaban J connectivity index is 1.22. The quantitative estimate of drug-likeness (QED) is 0.679. The van der Waals surface area contributed by atoms with Crippen molar-refractivity contribution in [2.45, 2.75) is 69.5 Å². The zero-order valence-electron chi connectivity index (χ0n) is 20.4. The first-order valence-electron chi connectivity index (χ1n) is 13.2. The number of primary amides is 1. The minimum absolute atomic E-state index is 0.00402. The number of benzene rings is 1. The topological polar surface area (TPSA) is 89.6 Å². The zero-order valence-corrected chi connectivity index (χ0v) is 20.4. The summed E-state index contributed by atoms with van der Waals surface area (Å²) in [5, 5.41) is 3.51. The molecule has 3 N–H and O–H groups in total. The van der Waals surface area contributed by atoms with Crippen LogP contribution in [0.2, 0.25) is 0 Å². The van der Waals surface area contributed by atoms with Crippen molar-refractivity contribution >= 4 is 11.9 Å². The number of methoxy groups -OCH3 is 1. The fourth-order valence-corrected chi connectivity index (χ4v) is 8.15. The summed E-state index contributed by atoms with van der Waals surface area (Å²) < 4.78 is 7.63. The molecule has 0 spiro atoms. The van der Waals surface area contributed by atoms with E-state index in [-0.39, 0.29) is 11.6 Å². The van der Waals surface area contributed by atoms with Crippen molar-refractivity contribution in [2.24, 2.45) is 23.5 Å². The Morgan fingerprint density at radius 1 is 1.06 bits per heavy atom. The van der Waals surface area contributed by atoms with E-state index in [4.69, 9.17) is 10.5 Å². The molecule has 7 heteroatoms. The van der Waals surface area contributed by atoms with Gasteiger partial charge >= 0.3 is 6.03 Å². The van der Waals surface area contributed by atoms with Crippen molar-refractivity contribution in [1.82, 2.24) is 14.8 Å². The molecule has 6 aliphatic rings. The lowest BCUT2D eigenvalue weighted by Crippen LogP contribution is -2.55. The maximum atomic E-state index is 13.6. The number of nitrogens with one attached hydrogen (secondary N) is 1. The van der Waals surface area contributed by atoms with Crippen LogP contribution in [0.15, 0.2) is 24.3 Å². The first-order chi connectivity index (χ1) is 17.0. The van der Waals surface area contributed by atoms with Crippen LogP contribution in [0.1, 0.15) is 72.6 Å². The Morgan fingerprint density at radius 3 is 2.40 bits per heavy atom. The summed E-state index contributed by atoms with van der Waals surface area (Å²) in [4.78, 5) is 28.3. The molecule has 1 aromatic heterocycles. The highest BCUT2D eigenvalue weighted by Gasteiger charge is 2.58. The van der Waals surface area contributed by atoms with Gasteiger partial charge in [-0.25, -0.2) is 4.79 Å². The maximum absolute atomic E-state index is 13.6. The number of carbonyl (C=O) groups excluding carboxylic acids is 2. The molecule has 5 saturated carbocycles. The zero-order chi connectivity index (χ0) is 23.9. The Kier molecular flexibility index (Phi) is 4.58. The van der Waals surface area contributed by atoms with E-state index in [1.54, 1.807) is 7.11 Å². The van der Waals surface area contributed by atoms with E-state index >= 15 is 0 Å². The summed E-state index contributed by atoms with van der Waals surface area (Å²) in [5.41, 5.74) is 10.6. The van der Waals surface area contributed by atoms with Gasteiger partial charge in [-0.15, -0.1) is 0 Å². The lowest BCUT2D eigenvalue weighted by atomic mass is 9.80. The van der Waals surface area contributed by atoms with E-state index in [9.17, 15) is 9.59 Å². The van der Waals surface area contributed by atoms with E-state index in [1.165, 1.54) is 25.0 Å². The number of nitrogens with zero attached hydrogens (tertiary/aromatic N) is 2. The van der Waals surface area contributed by atoms with Gasteiger partial charge in [-0.05, 0) is 86.3 Å². The van der Waals surface area contributed by atoms with Crippen molar-refractivity contribution in [3.63, 3.8) is 0 Å². The summed E-state index contributed by atoms with van der Waals surface area (Å²) in [5.74, 6) is 3.04. The predicted octanol–water partition coefficient (Wildman–Crippen LogP) is 4.24. The summed E-state index contributed by atoms with van der Waals surface area (Å²) in [6.45, 7) is 1.78. The Hall–Kier alpha value is -2.96. The number of hydrogen-bond donors (Lipinski definition) is 2. The molecule has 2 aromatic rings. The number of hydrogen-bond acceptors (Lipinski definition) is 3. The van der Waals surface area contributed by atoms with Crippen LogP contribution in [0.25, 0.3) is 11.1 Å². The monoisotopic (exact) mass is 474 g/mol. The van der Waals surface area contributed by atoms with E-state index in [0.29, 0.717) is 37.0 Å². The van der Waals surface area contributed by atoms with Crippen LogP contribution in [-0.4, -0.2) is 40.6 Å². The van der Waals surface area contributed by atoms with E-state index in [0.717, 1.165) is 60.1 Å². The van der Waals surface area contributed by atoms with Crippen LogP contribution in [-0.2, 0) is 13.1 Å². The molecule has 5 aliphatic carbocycles. The average Bonchev–Trinajstić information content (AvgIpc) is 3.53. The van der Waals surface area contributed by atoms with Crippen molar-refractivity contribution in [3.05, 3.63) is 41.2 Å². The highest BCUT2D eigenvalue weighted by atomic mass is 16.5. The van der Waals surface area contributed by atoms with Gasteiger partial charge in [0.1, 0.15) is 5.75 Å². The molecule has 2 atom stereocenters. The number of urea groups is 1. The fourth-order valence-electron chi connectivity index (χ4n) is 8.15. The fraction of sp³-hybridized carbons (Fsp3) is 0.571. The summed E-state index contributed by atoms with van der Waals surface area (Å²) in [7, 11) is 1.65. The van der Waals surface area contributed by atoms with Crippen molar-refractivity contribution < 1.29 is 14.3 Å². The van der Waals surface area contributed by atoms with Crippen LogP contribution in [0.4, 0.5) is 4.79 Å². The molecule has 5 fully saturated rings. The highest BCUT2D eigenvalue weighted by molar-refractivity contribution is 6.02. The molecule has 7 nitrogen and oxygen atoms in total. The average molecular weight is 475 g/mol. The SMILES string of the molecule is COc1ccc(-c2c(C(N)=O)c3n(c2C2CC2)CCN(C(=O)NC24CC5CC(CC2C5)C4)C3)cc1. The van der Waals surface area contributed by atoms with Gasteiger partial charge in [-0.2, -0.15) is 0 Å². The Morgan fingerprint density at radius 2 is 1.77 bits per heavy atom. The van der Waals surface area contributed by atoms with Gasteiger partial charge < -0.3 is 25.3 Å². The number of aromatic nitrogens is 1. The molecule has 2 unspecified atom stereocenters. The molecule has 0 saturated heterocycles. The lowest BCUT2D eigenvalue weighted by molar-refractivity contribution is 0.0996. The second kappa shape index (κ2) is 7.52. The normalized spacial score (nSPS) is 30.4. The predicted molar refractivity (Wildman–Crippen MR) is 132 cm³/mol. The van der Waals surface area contributed by atoms with Crippen molar-refractivity contribution in [3.8, 4) is 16.9 Å². The van der Waals surface area contributed by atoms with Crippen LogP contribution in [0, 0.1) is 17.8 Å². The van der Waals surface area contributed by atoms with Crippen LogP contribution < -0.4 is 15.8 Å². The van der Waals surface area contributed by atoms with E-state index in [2.05, 4.69) is 9.88 Å². The third-order valence-corrected chi connectivity index (χ3v) is 9.57. The molecular formula is C28H34N4O3. The number of ether oxygens (including phenoxy) is 1. The highest BCUT2D eigenvalue weighted by Crippen LogP contribution is 2.60. The Labute approximate surface area is 206 Å². The second-order valence-corrected chi connectivity index (χ2v) is 11.7. The lowest BCUT2D eigenvalue weighted by Gasteiger charge is -2.37.